The molecule has 0 fully saturated rings. The smallest absolute Gasteiger partial charge is 0.320 e. The fourth-order valence-electron chi connectivity index (χ4n) is 2.42. The first-order chi connectivity index (χ1) is 11.8. The molecule has 2 N–H and O–H groups in total. The van der Waals surface area contributed by atoms with Crippen molar-refractivity contribution in [1.29, 1.82) is 0 Å². The first kappa shape index (κ1) is 18.4. The SMILES string of the molecule is CC(C)C(NC(=O)Nc1cc(C(=O)N(C)C)ccn1)c1cnn(C)c1. The van der Waals surface area contributed by atoms with E-state index in [4.69, 9.17) is 0 Å². The van der Waals surface area contributed by atoms with E-state index < -0.39 is 0 Å². The minimum Gasteiger partial charge on any atom is -0.345 e. The molecule has 0 saturated carbocycles. The highest BCUT2D eigenvalue weighted by Crippen LogP contribution is 2.21. The first-order valence-corrected chi connectivity index (χ1v) is 8.01. The van der Waals surface area contributed by atoms with Crippen LogP contribution in [0.5, 0.6) is 0 Å². The van der Waals surface area contributed by atoms with Gasteiger partial charge in [-0.3, -0.25) is 14.8 Å². The summed E-state index contributed by atoms with van der Waals surface area (Å²) < 4.78 is 1.70. The van der Waals surface area contributed by atoms with Crippen molar-refractivity contribution in [3.63, 3.8) is 0 Å². The van der Waals surface area contributed by atoms with Gasteiger partial charge in [-0.25, -0.2) is 9.78 Å². The standard InChI is InChI=1S/C17H24N6O2/c1-11(2)15(13-9-19-23(5)10-13)21-17(25)20-14-8-12(6-7-18-14)16(24)22(3)4/h6-11,15H,1-5H3,(H2,18,20,21,25). The van der Waals surface area contributed by atoms with Crippen LogP contribution in [0.25, 0.3) is 0 Å². The van der Waals surface area contributed by atoms with E-state index in [0.29, 0.717) is 11.4 Å². The van der Waals surface area contributed by atoms with Crippen molar-refractivity contribution in [2.75, 3.05) is 19.4 Å². The number of nitrogens with one attached hydrogen (secondary N) is 2. The van der Waals surface area contributed by atoms with Crippen LogP contribution < -0.4 is 10.6 Å². The Morgan fingerprint density at radius 1 is 1.28 bits per heavy atom. The number of aryl methyl sites for hydroxylation is 1. The number of rotatable bonds is 5. The highest BCUT2D eigenvalue weighted by atomic mass is 16.2. The van der Waals surface area contributed by atoms with Crippen LogP contribution in [0.2, 0.25) is 0 Å². The largest absolute Gasteiger partial charge is 0.345 e. The molecular weight excluding hydrogens is 320 g/mol. The second-order valence-electron chi connectivity index (χ2n) is 6.40. The third kappa shape index (κ3) is 4.79. The van der Waals surface area contributed by atoms with Gasteiger partial charge in [0.1, 0.15) is 5.82 Å². The van der Waals surface area contributed by atoms with Gasteiger partial charge in [0.05, 0.1) is 12.2 Å². The number of pyridine rings is 1. The number of carbonyl (C=O) groups excluding carboxylic acids is 2. The molecule has 2 heterocycles. The zero-order valence-electron chi connectivity index (χ0n) is 15.1. The summed E-state index contributed by atoms with van der Waals surface area (Å²) in [5, 5.41) is 9.76. The molecule has 3 amide bonds. The van der Waals surface area contributed by atoms with E-state index in [0.717, 1.165) is 5.56 Å². The van der Waals surface area contributed by atoms with Crippen molar-refractivity contribution in [2.45, 2.75) is 19.9 Å². The molecule has 0 spiro atoms. The lowest BCUT2D eigenvalue weighted by Gasteiger charge is -2.21. The van der Waals surface area contributed by atoms with Gasteiger partial charge in [-0.15, -0.1) is 0 Å². The number of urea groups is 1. The van der Waals surface area contributed by atoms with E-state index in [9.17, 15) is 9.59 Å². The minimum absolute atomic E-state index is 0.152. The molecule has 8 heteroatoms. The Balaban J connectivity index is 2.08. The topological polar surface area (TPSA) is 92.2 Å². The molecule has 0 bridgehead atoms. The van der Waals surface area contributed by atoms with Crippen molar-refractivity contribution in [3.8, 4) is 0 Å². The molecule has 0 saturated heterocycles. The van der Waals surface area contributed by atoms with Crippen LogP contribution in [0.3, 0.4) is 0 Å². The molecule has 25 heavy (non-hydrogen) atoms. The summed E-state index contributed by atoms with van der Waals surface area (Å²) in [5.41, 5.74) is 1.39. The molecule has 1 unspecified atom stereocenters. The lowest BCUT2D eigenvalue weighted by atomic mass is 9.99. The lowest BCUT2D eigenvalue weighted by molar-refractivity contribution is 0.0827. The molecule has 0 aliphatic heterocycles. The van der Waals surface area contributed by atoms with Gasteiger partial charge in [-0.2, -0.15) is 5.10 Å². The van der Waals surface area contributed by atoms with Crippen LogP contribution in [0, 0.1) is 5.92 Å². The van der Waals surface area contributed by atoms with Crippen molar-refractivity contribution < 1.29 is 9.59 Å². The Morgan fingerprint density at radius 2 is 2.00 bits per heavy atom. The van der Waals surface area contributed by atoms with E-state index in [1.165, 1.54) is 11.1 Å². The normalized spacial score (nSPS) is 11.9. The number of anilines is 1. The maximum atomic E-state index is 12.3. The van der Waals surface area contributed by atoms with E-state index in [-0.39, 0.29) is 23.9 Å². The van der Waals surface area contributed by atoms with Crippen LogP contribution in [-0.2, 0) is 7.05 Å². The van der Waals surface area contributed by atoms with Crippen molar-refractivity contribution >= 4 is 17.8 Å². The Kier molecular flexibility index (Phi) is 5.74. The summed E-state index contributed by atoms with van der Waals surface area (Å²) in [7, 11) is 5.17. The Bertz CT molecular complexity index is 753. The summed E-state index contributed by atoms with van der Waals surface area (Å²) in [6, 6.07) is 2.60. The molecule has 2 aromatic rings. The van der Waals surface area contributed by atoms with E-state index in [1.807, 2.05) is 27.1 Å². The monoisotopic (exact) mass is 344 g/mol. The fraction of sp³-hybridized carbons (Fsp3) is 0.412. The van der Waals surface area contributed by atoms with Gasteiger partial charge in [0.15, 0.2) is 0 Å². The average molecular weight is 344 g/mol. The maximum absolute atomic E-state index is 12.3. The van der Waals surface area contributed by atoms with Crippen molar-refractivity contribution in [2.24, 2.45) is 13.0 Å². The molecule has 1 atom stereocenters. The number of amides is 3. The van der Waals surface area contributed by atoms with Gasteiger partial charge >= 0.3 is 6.03 Å². The number of aromatic nitrogens is 3. The zero-order chi connectivity index (χ0) is 18.6. The molecule has 0 aliphatic carbocycles. The second-order valence-corrected chi connectivity index (χ2v) is 6.40. The van der Waals surface area contributed by atoms with Gasteiger partial charge in [0.25, 0.3) is 5.91 Å². The van der Waals surface area contributed by atoms with E-state index in [2.05, 4.69) is 20.7 Å². The molecule has 0 radical (unpaired) electrons. The predicted octanol–water partition coefficient (Wildman–Crippen LogP) is 2.04. The number of hydrogen-bond acceptors (Lipinski definition) is 4. The van der Waals surface area contributed by atoms with Gasteiger partial charge in [0, 0.05) is 44.7 Å². The second kappa shape index (κ2) is 7.78. The first-order valence-electron chi connectivity index (χ1n) is 8.01. The number of hydrogen-bond donors (Lipinski definition) is 2. The van der Waals surface area contributed by atoms with Gasteiger partial charge in [-0.05, 0) is 18.1 Å². The lowest BCUT2D eigenvalue weighted by Crippen LogP contribution is -2.35. The summed E-state index contributed by atoms with van der Waals surface area (Å²) in [5.74, 6) is 0.352. The Morgan fingerprint density at radius 3 is 2.56 bits per heavy atom. The summed E-state index contributed by atoms with van der Waals surface area (Å²) >= 11 is 0. The fourth-order valence-corrected chi connectivity index (χ4v) is 2.42. The Labute approximate surface area is 147 Å². The highest BCUT2D eigenvalue weighted by Gasteiger charge is 2.20. The molecule has 0 aromatic carbocycles. The minimum atomic E-state index is -0.385. The quantitative estimate of drug-likeness (QED) is 0.868. The van der Waals surface area contributed by atoms with Crippen molar-refractivity contribution in [3.05, 3.63) is 41.9 Å². The zero-order valence-corrected chi connectivity index (χ0v) is 15.1. The number of nitrogens with zero attached hydrogens (tertiary/aromatic N) is 4. The third-order valence-electron chi connectivity index (χ3n) is 3.69. The van der Waals surface area contributed by atoms with E-state index in [1.54, 1.807) is 37.1 Å². The van der Waals surface area contributed by atoms with Crippen molar-refractivity contribution in [1.82, 2.24) is 25.0 Å². The summed E-state index contributed by atoms with van der Waals surface area (Å²) in [6.45, 7) is 4.04. The molecule has 2 aromatic heterocycles. The van der Waals surface area contributed by atoms with Gasteiger partial charge in [-0.1, -0.05) is 13.8 Å². The van der Waals surface area contributed by atoms with Crippen LogP contribution in [-0.4, -0.2) is 45.7 Å². The highest BCUT2D eigenvalue weighted by molar-refractivity contribution is 5.96. The summed E-state index contributed by atoms with van der Waals surface area (Å²) in [4.78, 5) is 29.9. The van der Waals surface area contributed by atoms with Crippen LogP contribution in [0.15, 0.2) is 30.7 Å². The number of carbonyl (C=O) groups is 2. The van der Waals surface area contributed by atoms with Gasteiger partial charge in [0.2, 0.25) is 0 Å². The molecule has 8 nitrogen and oxygen atoms in total. The Hall–Kier alpha value is -2.90. The summed E-state index contributed by atoms with van der Waals surface area (Å²) in [6.07, 6.45) is 5.10. The van der Waals surface area contributed by atoms with Crippen LogP contribution in [0.1, 0.15) is 35.8 Å². The van der Waals surface area contributed by atoms with Gasteiger partial charge < -0.3 is 10.2 Å². The van der Waals surface area contributed by atoms with Crippen LogP contribution >= 0.6 is 0 Å². The third-order valence-corrected chi connectivity index (χ3v) is 3.69. The maximum Gasteiger partial charge on any atom is 0.320 e. The van der Waals surface area contributed by atoms with E-state index >= 15 is 0 Å². The van der Waals surface area contributed by atoms with Crippen LogP contribution in [0.4, 0.5) is 10.6 Å². The molecule has 2 rings (SSSR count). The molecule has 0 aliphatic rings. The predicted molar refractivity (Wildman–Crippen MR) is 95.2 cm³/mol. The average Bonchev–Trinajstić information content (AvgIpc) is 2.97. The molecule has 134 valence electrons. The molecular formula is C17H24N6O2.